The van der Waals surface area contributed by atoms with Gasteiger partial charge in [0, 0.05) is 38.1 Å². The fraction of sp³-hybridized carbons (Fsp3) is 0.389. The first-order valence-electron chi connectivity index (χ1n) is 8.61. The Kier molecular flexibility index (Phi) is 6.06. The van der Waals surface area contributed by atoms with Gasteiger partial charge in [0.2, 0.25) is 0 Å². The van der Waals surface area contributed by atoms with E-state index in [9.17, 15) is 9.59 Å². The number of aromatic nitrogens is 1. The summed E-state index contributed by atoms with van der Waals surface area (Å²) in [5.74, 6) is -0.0995. The Bertz CT molecular complexity index is 742. The van der Waals surface area contributed by atoms with Crippen LogP contribution in [0.1, 0.15) is 23.0 Å². The molecule has 3 rings (SSSR count). The third kappa shape index (κ3) is 4.51. The summed E-state index contributed by atoms with van der Waals surface area (Å²) in [6.07, 6.45) is -0.319. The van der Waals surface area contributed by atoms with Crippen molar-refractivity contribution in [2.24, 2.45) is 0 Å². The molecule has 1 N–H and O–H groups in total. The number of benzene rings is 1. The molecule has 2 aromatic rings. The van der Waals surface area contributed by atoms with Crippen molar-refractivity contribution in [1.29, 1.82) is 0 Å². The molecule has 2 amide bonds. The lowest BCUT2D eigenvalue weighted by atomic mass is 10.2. The number of thiazole rings is 1. The highest BCUT2D eigenvalue weighted by Crippen LogP contribution is 2.18. The molecular formula is C18H22N4O3S. The highest BCUT2D eigenvalue weighted by Gasteiger charge is 2.26. The number of hydrogen-bond donors (Lipinski definition) is 1. The maximum atomic E-state index is 12.6. The summed E-state index contributed by atoms with van der Waals surface area (Å²) in [4.78, 5) is 32.1. The monoisotopic (exact) mass is 374 g/mol. The van der Waals surface area contributed by atoms with Crippen molar-refractivity contribution in [2.45, 2.75) is 13.5 Å². The smallest absolute Gasteiger partial charge is 0.409 e. The standard InChI is InChI=1S/C18H22N4O3S/c1-2-25-18(24)22-10-8-21(9-11-22)16(23)15-13-26-17(20-15)19-12-14-6-4-3-5-7-14/h3-7,13H,2,8-12H2,1H3,(H,19,20). The van der Waals surface area contributed by atoms with Gasteiger partial charge in [-0.25, -0.2) is 9.78 Å². The van der Waals surface area contributed by atoms with Crippen molar-refractivity contribution < 1.29 is 14.3 Å². The van der Waals surface area contributed by atoms with Crippen LogP contribution in [-0.4, -0.2) is 59.6 Å². The maximum absolute atomic E-state index is 12.6. The number of nitrogens with one attached hydrogen (secondary N) is 1. The zero-order valence-electron chi connectivity index (χ0n) is 14.7. The van der Waals surface area contributed by atoms with E-state index in [1.54, 1.807) is 22.1 Å². The predicted molar refractivity (Wildman–Crippen MR) is 100 cm³/mol. The van der Waals surface area contributed by atoms with Gasteiger partial charge in [-0.1, -0.05) is 30.3 Å². The molecule has 0 bridgehead atoms. The Morgan fingerprint density at radius 1 is 1.15 bits per heavy atom. The fourth-order valence-electron chi connectivity index (χ4n) is 2.70. The van der Waals surface area contributed by atoms with Crippen LogP contribution in [0.4, 0.5) is 9.93 Å². The molecule has 138 valence electrons. The Hall–Kier alpha value is -2.61. The minimum Gasteiger partial charge on any atom is -0.450 e. The molecule has 1 aliphatic heterocycles. The average molecular weight is 374 g/mol. The van der Waals surface area contributed by atoms with Crippen molar-refractivity contribution in [3.63, 3.8) is 0 Å². The Morgan fingerprint density at radius 3 is 2.54 bits per heavy atom. The highest BCUT2D eigenvalue weighted by atomic mass is 32.1. The summed E-state index contributed by atoms with van der Waals surface area (Å²) in [6.45, 7) is 4.74. The van der Waals surface area contributed by atoms with E-state index < -0.39 is 0 Å². The van der Waals surface area contributed by atoms with Crippen molar-refractivity contribution in [3.05, 3.63) is 47.0 Å². The number of ether oxygens (including phenoxy) is 1. The molecule has 2 heterocycles. The maximum Gasteiger partial charge on any atom is 0.409 e. The van der Waals surface area contributed by atoms with E-state index in [0.29, 0.717) is 45.0 Å². The summed E-state index contributed by atoms with van der Waals surface area (Å²) in [5.41, 5.74) is 1.60. The summed E-state index contributed by atoms with van der Waals surface area (Å²) in [5, 5.41) is 5.74. The van der Waals surface area contributed by atoms with Crippen LogP contribution in [0.3, 0.4) is 0 Å². The lowest BCUT2D eigenvalue weighted by Gasteiger charge is -2.33. The highest BCUT2D eigenvalue weighted by molar-refractivity contribution is 7.13. The second-order valence-electron chi connectivity index (χ2n) is 5.86. The predicted octanol–water partition coefficient (Wildman–Crippen LogP) is 2.67. The molecular weight excluding hydrogens is 352 g/mol. The lowest BCUT2D eigenvalue weighted by molar-refractivity contribution is 0.0566. The van der Waals surface area contributed by atoms with E-state index >= 15 is 0 Å². The number of rotatable bonds is 5. The van der Waals surface area contributed by atoms with Gasteiger partial charge in [-0.05, 0) is 12.5 Å². The first-order valence-corrected chi connectivity index (χ1v) is 9.49. The van der Waals surface area contributed by atoms with Crippen LogP contribution in [0.5, 0.6) is 0 Å². The number of nitrogens with zero attached hydrogens (tertiary/aromatic N) is 3. The van der Waals surface area contributed by atoms with Gasteiger partial charge in [0.1, 0.15) is 5.69 Å². The molecule has 1 aromatic heterocycles. The van der Waals surface area contributed by atoms with E-state index in [1.165, 1.54) is 11.3 Å². The minimum atomic E-state index is -0.319. The minimum absolute atomic E-state index is 0.0995. The lowest BCUT2D eigenvalue weighted by Crippen LogP contribution is -2.50. The number of carbonyl (C=O) groups excluding carboxylic acids is 2. The van der Waals surface area contributed by atoms with Crippen LogP contribution in [-0.2, 0) is 11.3 Å². The third-order valence-corrected chi connectivity index (χ3v) is 4.90. The Morgan fingerprint density at radius 2 is 1.85 bits per heavy atom. The normalized spacial score (nSPS) is 14.2. The second kappa shape index (κ2) is 8.66. The van der Waals surface area contributed by atoms with Gasteiger partial charge in [-0.2, -0.15) is 0 Å². The average Bonchev–Trinajstić information content (AvgIpc) is 3.16. The summed E-state index contributed by atoms with van der Waals surface area (Å²) in [6, 6.07) is 10.0. The number of amides is 2. The zero-order valence-corrected chi connectivity index (χ0v) is 15.5. The fourth-order valence-corrected chi connectivity index (χ4v) is 3.38. The van der Waals surface area contributed by atoms with Gasteiger partial charge in [-0.15, -0.1) is 11.3 Å². The largest absolute Gasteiger partial charge is 0.450 e. The van der Waals surface area contributed by atoms with E-state index in [4.69, 9.17) is 4.74 Å². The molecule has 0 radical (unpaired) electrons. The van der Waals surface area contributed by atoms with E-state index in [0.717, 1.165) is 10.7 Å². The van der Waals surface area contributed by atoms with E-state index in [2.05, 4.69) is 10.3 Å². The summed E-state index contributed by atoms with van der Waals surface area (Å²) < 4.78 is 4.99. The van der Waals surface area contributed by atoms with Gasteiger partial charge < -0.3 is 19.9 Å². The van der Waals surface area contributed by atoms with Crippen LogP contribution in [0, 0.1) is 0 Å². The second-order valence-corrected chi connectivity index (χ2v) is 6.71. The molecule has 1 aromatic carbocycles. The number of carbonyl (C=O) groups is 2. The van der Waals surface area contributed by atoms with Gasteiger partial charge in [0.25, 0.3) is 5.91 Å². The van der Waals surface area contributed by atoms with Crippen LogP contribution >= 0.6 is 11.3 Å². The Balaban J connectivity index is 1.51. The Labute approximate surface area is 156 Å². The SMILES string of the molecule is CCOC(=O)N1CCN(C(=O)c2csc(NCc3ccccc3)n2)CC1. The first kappa shape index (κ1) is 18.2. The van der Waals surface area contributed by atoms with Gasteiger partial charge >= 0.3 is 6.09 Å². The topological polar surface area (TPSA) is 74.8 Å². The van der Waals surface area contributed by atoms with Crippen LogP contribution in [0.25, 0.3) is 0 Å². The van der Waals surface area contributed by atoms with Gasteiger partial charge in [0.15, 0.2) is 5.13 Å². The zero-order chi connectivity index (χ0) is 18.4. The van der Waals surface area contributed by atoms with Crippen LogP contribution < -0.4 is 5.32 Å². The summed E-state index contributed by atoms with van der Waals surface area (Å²) in [7, 11) is 0. The van der Waals surface area contributed by atoms with Gasteiger partial charge in [0.05, 0.1) is 6.61 Å². The van der Waals surface area contributed by atoms with Crippen molar-refractivity contribution in [3.8, 4) is 0 Å². The van der Waals surface area contributed by atoms with Crippen LogP contribution in [0.2, 0.25) is 0 Å². The molecule has 0 atom stereocenters. The number of hydrogen-bond acceptors (Lipinski definition) is 6. The van der Waals surface area contributed by atoms with Crippen molar-refractivity contribution >= 4 is 28.5 Å². The third-order valence-electron chi connectivity index (χ3n) is 4.10. The van der Waals surface area contributed by atoms with E-state index in [1.807, 2.05) is 30.3 Å². The molecule has 1 fully saturated rings. The molecule has 0 unspecified atom stereocenters. The van der Waals surface area contributed by atoms with Crippen LogP contribution in [0.15, 0.2) is 35.7 Å². The molecule has 0 aliphatic carbocycles. The number of anilines is 1. The van der Waals surface area contributed by atoms with Crippen molar-refractivity contribution in [1.82, 2.24) is 14.8 Å². The van der Waals surface area contributed by atoms with E-state index in [-0.39, 0.29) is 12.0 Å². The molecule has 0 saturated carbocycles. The molecule has 1 aliphatic rings. The van der Waals surface area contributed by atoms with Crippen molar-refractivity contribution in [2.75, 3.05) is 38.1 Å². The molecule has 8 heteroatoms. The molecule has 26 heavy (non-hydrogen) atoms. The molecule has 7 nitrogen and oxygen atoms in total. The molecule has 0 spiro atoms. The van der Waals surface area contributed by atoms with Gasteiger partial charge in [-0.3, -0.25) is 4.79 Å². The number of piperazine rings is 1. The summed E-state index contributed by atoms with van der Waals surface area (Å²) >= 11 is 1.42. The molecule has 1 saturated heterocycles. The quantitative estimate of drug-likeness (QED) is 0.871. The first-order chi connectivity index (χ1) is 12.7.